The number of nitriles is 1. The topological polar surface area (TPSA) is 130 Å². The molecule has 0 bridgehead atoms. The Morgan fingerprint density at radius 3 is 2.97 bits per heavy atom. The summed E-state index contributed by atoms with van der Waals surface area (Å²) < 4.78 is 6.59. The first-order chi connectivity index (χ1) is 14.5. The van der Waals surface area contributed by atoms with Crippen LogP contribution in [0, 0.1) is 17.2 Å². The Labute approximate surface area is 175 Å². The van der Waals surface area contributed by atoms with Crippen LogP contribution in [0.15, 0.2) is 18.6 Å². The minimum Gasteiger partial charge on any atom is -0.449 e. The fraction of sp³-hybridized carbons (Fsp3) is 0.550. The molecule has 10 heteroatoms. The van der Waals surface area contributed by atoms with Crippen molar-refractivity contribution in [1.82, 2.24) is 19.4 Å². The lowest BCUT2D eigenvalue weighted by atomic mass is 9.92. The molecule has 3 heterocycles. The van der Waals surface area contributed by atoms with Crippen molar-refractivity contribution in [2.75, 3.05) is 38.2 Å². The summed E-state index contributed by atoms with van der Waals surface area (Å²) in [5.74, 6) is 0.858. The molecule has 2 N–H and O–H groups in total. The summed E-state index contributed by atoms with van der Waals surface area (Å²) in [6, 6.07) is 3.74. The molecule has 1 saturated heterocycles. The molecule has 0 radical (unpaired) electrons. The predicted octanol–water partition coefficient (Wildman–Crippen LogP) is 1.35. The number of carbonyl (C=O) groups is 2. The molecule has 1 aliphatic rings. The average Bonchev–Trinajstić information content (AvgIpc) is 3.18. The van der Waals surface area contributed by atoms with Gasteiger partial charge in [0.25, 0.3) is 0 Å². The van der Waals surface area contributed by atoms with Crippen LogP contribution >= 0.6 is 0 Å². The number of aromatic nitrogens is 3. The number of fused-ring (bicyclic) bond motifs is 1. The number of ether oxygens (including phenoxy) is 1. The van der Waals surface area contributed by atoms with Gasteiger partial charge in [-0.15, -0.1) is 0 Å². The number of hydrogen-bond acceptors (Lipinski definition) is 8. The zero-order valence-electron chi connectivity index (χ0n) is 17.3. The molecule has 0 unspecified atom stereocenters. The molecular formula is C20H27N7O3. The largest absolute Gasteiger partial charge is 0.449 e. The number of likely N-dealkylation sites (N-methyl/N-ethyl adjacent to an activating group) is 1. The van der Waals surface area contributed by atoms with Crippen LogP contribution < -0.4 is 10.6 Å². The average molecular weight is 413 g/mol. The van der Waals surface area contributed by atoms with Gasteiger partial charge in [0.2, 0.25) is 5.91 Å². The first-order valence-electron chi connectivity index (χ1n) is 10.0. The monoisotopic (exact) mass is 413 g/mol. The molecule has 0 saturated carbocycles. The van der Waals surface area contributed by atoms with Gasteiger partial charge in [-0.3, -0.25) is 4.79 Å². The molecule has 1 aliphatic heterocycles. The van der Waals surface area contributed by atoms with Crippen molar-refractivity contribution in [3.8, 4) is 6.07 Å². The maximum atomic E-state index is 12.4. The van der Waals surface area contributed by atoms with Crippen molar-refractivity contribution in [2.45, 2.75) is 32.2 Å². The number of rotatable bonds is 6. The first-order valence-corrected chi connectivity index (χ1v) is 10.0. The van der Waals surface area contributed by atoms with Crippen molar-refractivity contribution in [3.63, 3.8) is 0 Å². The number of piperidine rings is 1. The number of hydrogen-bond donors (Lipinski definition) is 1. The summed E-state index contributed by atoms with van der Waals surface area (Å²) in [6.07, 6.45) is 3.85. The quantitative estimate of drug-likeness (QED) is 0.702. The minimum atomic E-state index is -0.509. The van der Waals surface area contributed by atoms with Gasteiger partial charge in [-0.1, -0.05) is 6.92 Å². The third-order valence-corrected chi connectivity index (χ3v) is 5.56. The van der Waals surface area contributed by atoms with Gasteiger partial charge in [-0.05, 0) is 31.4 Å². The summed E-state index contributed by atoms with van der Waals surface area (Å²) in [6.45, 7) is 4.01. The van der Waals surface area contributed by atoms with Crippen LogP contribution in [0.25, 0.3) is 11.0 Å². The molecule has 2 atom stereocenters. The second kappa shape index (κ2) is 9.54. The van der Waals surface area contributed by atoms with Gasteiger partial charge in [-0.25, -0.2) is 19.3 Å². The Balaban J connectivity index is 1.84. The Hall–Kier alpha value is -3.19. The molecule has 30 heavy (non-hydrogen) atoms. The lowest BCUT2D eigenvalue weighted by Crippen LogP contribution is -2.52. The zero-order valence-corrected chi connectivity index (χ0v) is 17.3. The van der Waals surface area contributed by atoms with Crippen molar-refractivity contribution >= 4 is 28.9 Å². The molecule has 2 aromatic rings. The van der Waals surface area contributed by atoms with Gasteiger partial charge in [0.1, 0.15) is 18.6 Å². The molecule has 10 nitrogen and oxygen atoms in total. The second-order valence-corrected chi connectivity index (χ2v) is 7.50. The van der Waals surface area contributed by atoms with Crippen LogP contribution in [0.1, 0.15) is 26.2 Å². The lowest BCUT2D eigenvalue weighted by molar-refractivity contribution is -0.131. The maximum Gasteiger partial charge on any atom is 0.419 e. The Morgan fingerprint density at radius 2 is 2.23 bits per heavy atom. The third kappa shape index (κ3) is 4.36. The second-order valence-electron chi connectivity index (χ2n) is 7.50. The van der Waals surface area contributed by atoms with Crippen LogP contribution in [0.4, 0.5) is 10.6 Å². The Kier molecular flexibility index (Phi) is 6.84. The summed E-state index contributed by atoms with van der Waals surface area (Å²) in [4.78, 5) is 37.1. The molecule has 1 fully saturated rings. The van der Waals surface area contributed by atoms with Crippen molar-refractivity contribution < 1.29 is 14.3 Å². The van der Waals surface area contributed by atoms with Crippen LogP contribution in [-0.2, 0) is 9.53 Å². The van der Waals surface area contributed by atoms with Crippen molar-refractivity contribution in [1.29, 1.82) is 5.26 Å². The number of likely N-dealkylation sites (tertiary alicyclic amines) is 1. The highest BCUT2D eigenvalue weighted by Gasteiger charge is 2.32. The maximum absolute atomic E-state index is 12.4. The smallest absolute Gasteiger partial charge is 0.419 e. The fourth-order valence-corrected chi connectivity index (χ4v) is 3.79. The summed E-state index contributed by atoms with van der Waals surface area (Å²) in [7, 11) is 1.93. The highest BCUT2D eigenvalue weighted by molar-refractivity contribution is 5.93. The van der Waals surface area contributed by atoms with Crippen LogP contribution in [0.3, 0.4) is 0 Å². The van der Waals surface area contributed by atoms with E-state index in [2.05, 4.69) is 16.9 Å². The molecule has 0 spiro atoms. The van der Waals surface area contributed by atoms with E-state index in [1.807, 2.05) is 18.0 Å². The van der Waals surface area contributed by atoms with Crippen LogP contribution in [0.5, 0.6) is 0 Å². The van der Waals surface area contributed by atoms with Crippen LogP contribution in [-0.4, -0.2) is 70.8 Å². The normalized spacial score (nSPS) is 18.8. The summed E-state index contributed by atoms with van der Waals surface area (Å²) in [5, 5.41) is 9.56. The SMILES string of the molecule is C[C@@H]1CCN(C(=O)CC#N)C[C@@H]1N(C)c1ncnc2c1ccn2C(=O)OCCCN. The molecular weight excluding hydrogens is 386 g/mol. The minimum absolute atomic E-state index is 0.0272. The van der Waals surface area contributed by atoms with E-state index in [-0.39, 0.29) is 25.0 Å². The van der Waals surface area contributed by atoms with E-state index in [1.54, 1.807) is 17.2 Å². The van der Waals surface area contributed by atoms with Gasteiger partial charge in [0.15, 0.2) is 5.65 Å². The molecule has 0 aliphatic carbocycles. The zero-order chi connectivity index (χ0) is 21.7. The van der Waals surface area contributed by atoms with Gasteiger partial charge in [-0.2, -0.15) is 5.26 Å². The third-order valence-electron chi connectivity index (χ3n) is 5.56. The highest BCUT2D eigenvalue weighted by atomic mass is 16.5. The number of nitrogens with zero attached hydrogens (tertiary/aromatic N) is 6. The van der Waals surface area contributed by atoms with E-state index in [0.29, 0.717) is 43.4 Å². The van der Waals surface area contributed by atoms with E-state index in [4.69, 9.17) is 15.7 Å². The van der Waals surface area contributed by atoms with Gasteiger partial charge < -0.3 is 20.3 Å². The standard InChI is InChI=1S/C20H27N7O3/c1-14-5-9-26(17(28)4-8-22)12-16(14)25(2)18-15-6-10-27(19(15)24-13-23-18)20(29)30-11-3-7-21/h6,10,13-14,16H,3-5,7,9,11-12,21H2,1-2H3/t14-,16+/m1/s1. The van der Waals surface area contributed by atoms with Crippen molar-refractivity contribution in [2.24, 2.45) is 11.7 Å². The van der Waals surface area contributed by atoms with Gasteiger partial charge in [0.05, 0.1) is 24.1 Å². The molecule has 0 aromatic carbocycles. The number of amides is 1. The van der Waals surface area contributed by atoms with Gasteiger partial charge >= 0.3 is 6.09 Å². The van der Waals surface area contributed by atoms with Crippen molar-refractivity contribution in [3.05, 3.63) is 18.6 Å². The molecule has 2 aromatic heterocycles. The number of nitrogens with two attached hydrogens (primary N) is 1. The fourth-order valence-electron chi connectivity index (χ4n) is 3.79. The van der Waals surface area contributed by atoms with E-state index < -0.39 is 6.09 Å². The lowest BCUT2D eigenvalue weighted by Gasteiger charge is -2.42. The summed E-state index contributed by atoms with van der Waals surface area (Å²) in [5.41, 5.74) is 5.90. The first kappa shape index (κ1) is 21.5. The van der Waals surface area contributed by atoms with E-state index in [9.17, 15) is 9.59 Å². The van der Waals surface area contributed by atoms with E-state index >= 15 is 0 Å². The van der Waals surface area contributed by atoms with E-state index in [0.717, 1.165) is 11.8 Å². The molecule has 160 valence electrons. The number of carbonyl (C=O) groups excluding carboxylic acids is 2. The Morgan fingerprint density at radius 1 is 1.43 bits per heavy atom. The summed E-state index contributed by atoms with van der Waals surface area (Å²) >= 11 is 0. The highest BCUT2D eigenvalue weighted by Crippen LogP contribution is 2.29. The predicted molar refractivity (Wildman–Crippen MR) is 111 cm³/mol. The van der Waals surface area contributed by atoms with E-state index in [1.165, 1.54) is 10.9 Å². The molecule has 3 rings (SSSR count). The van der Waals surface area contributed by atoms with Crippen LogP contribution in [0.2, 0.25) is 0 Å². The Bertz CT molecular complexity index is 952. The molecule has 1 amide bonds. The number of anilines is 1. The van der Waals surface area contributed by atoms with Gasteiger partial charge in [0, 0.05) is 26.3 Å².